The average molecular weight is 355 g/mol. The maximum atomic E-state index is 12.1. The van der Waals surface area contributed by atoms with Crippen LogP contribution in [0.1, 0.15) is 18.4 Å². The van der Waals surface area contributed by atoms with Gasteiger partial charge in [-0.1, -0.05) is 6.07 Å². The molecule has 1 fully saturated rings. The van der Waals surface area contributed by atoms with Crippen LogP contribution in [0.25, 0.3) is 0 Å². The fourth-order valence-electron chi connectivity index (χ4n) is 2.16. The predicted octanol–water partition coefficient (Wildman–Crippen LogP) is 2.49. The van der Waals surface area contributed by atoms with Gasteiger partial charge in [-0.15, -0.1) is 0 Å². The molecule has 1 aliphatic rings. The molecule has 0 saturated heterocycles. The highest BCUT2D eigenvalue weighted by atomic mass is 79.9. The summed E-state index contributed by atoms with van der Waals surface area (Å²) < 4.78 is 0.822. The van der Waals surface area contributed by atoms with Crippen LogP contribution >= 0.6 is 15.9 Å². The summed E-state index contributed by atoms with van der Waals surface area (Å²) in [7, 11) is 0. The van der Waals surface area contributed by atoms with Crippen LogP contribution in [0.15, 0.2) is 22.7 Å². The summed E-state index contributed by atoms with van der Waals surface area (Å²) in [6, 6.07) is 5.67. The second kappa shape index (κ2) is 7.04. The van der Waals surface area contributed by atoms with Gasteiger partial charge in [0.05, 0.1) is 18.8 Å². The van der Waals surface area contributed by atoms with Crippen LogP contribution in [-0.4, -0.2) is 41.5 Å². The van der Waals surface area contributed by atoms with E-state index in [9.17, 15) is 9.59 Å². The van der Waals surface area contributed by atoms with Crippen LogP contribution in [-0.2, 0) is 9.59 Å². The molecular formula is C15H19BrN2O3. The third-order valence-corrected chi connectivity index (χ3v) is 3.99. The molecule has 0 bridgehead atoms. The van der Waals surface area contributed by atoms with Crippen molar-refractivity contribution in [2.45, 2.75) is 19.8 Å². The standard InChI is InChI=1S/C15H19BrN2O3/c1-10-2-5-13(12(16)6-10)17-14(19)8-18(9-15(20)21)7-11-3-4-11/h2,5-6,11H,3-4,7-9H2,1H3,(H,17,19)(H,20,21). The quantitative estimate of drug-likeness (QED) is 0.789. The molecule has 0 aromatic heterocycles. The number of aryl methyl sites for hydroxylation is 1. The predicted molar refractivity (Wildman–Crippen MR) is 84.3 cm³/mol. The van der Waals surface area contributed by atoms with Crippen molar-refractivity contribution < 1.29 is 14.7 Å². The first-order valence-corrected chi connectivity index (χ1v) is 7.73. The molecule has 1 aromatic carbocycles. The van der Waals surface area contributed by atoms with Crippen molar-refractivity contribution in [2.24, 2.45) is 5.92 Å². The van der Waals surface area contributed by atoms with Gasteiger partial charge in [-0.25, -0.2) is 0 Å². The monoisotopic (exact) mass is 354 g/mol. The number of anilines is 1. The Labute approximate surface area is 132 Å². The molecule has 2 rings (SSSR count). The number of hydrogen-bond acceptors (Lipinski definition) is 3. The summed E-state index contributed by atoms with van der Waals surface area (Å²) in [6.07, 6.45) is 2.25. The molecule has 114 valence electrons. The lowest BCUT2D eigenvalue weighted by atomic mass is 10.2. The van der Waals surface area contributed by atoms with Gasteiger partial charge in [-0.05, 0) is 59.3 Å². The van der Waals surface area contributed by atoms with E-state index in [0.29, 0.717) is 18.2 Å². The fourth-order valence-corrected chi connectivity index (χ4v) is 2.75. The number of carboxylic acids is 1. The molecule has 0 atom stereocenters. The molecule has 2 N–H and O–H groups in total. The molecule has 0 aliphatic heterocycles. The molecule has 6 heteroatoms. The molecule has 0 radical (unpaired) electrons. The van der Waals surface area contributed by atoms with Crippen LogP contribution < -0.4 is 5.32 Å². The van der Waals surface area contributed by atoms with Crippen molar-refractivity contribution in [2.75, 3.05) is 25.0 Å². The number of halogens is 1. The van der Waals surface area contributed by atoms with Gasteiger partial charge in [0, 0.05) is 11.0 Å². The Morgan fingerprint density at radius 1 is 1.38 bits per heavy atom. The van der Waals surface area contributed by atoms with Crippen molar-refractivity contribution in [3.63, 3.8) is 0 Å². The Morgan fingerprint density at radius 2 is 2.10 bits per heavy atom. The molecule has 1 aliphatic carbocycles. The number of rotatable bonds is 7. The largest absolute Gasteiger partial charge is 0.480 e. The molecule has 0 heterocycles. The van der Waals surface area contributed by atoms with E-state index < -0.39 is 5.97 Å². The zero-order chi connectivity index (χ0) is 15.4. The van der Waals surface area contributed by atoms with Crippen molar-refractivity contribution in [1.29, 1.82) is 0 Å². The number of carbonyl (C=O) groups excluding carboxylic acids is 1. The lowest BCUT2D eigenvalue weighted by molar-refractivity contribution is -0.138. The van der Waals surface area contributed by atoms with Gasteiger partial charge in [-0.2, -0.15) is 0 Å². The number of carbonyl (C=O) groups is 2. The van der Waals surface area contributed by atoms with Crippen LogP contribution in [0.4, 0.5) is 5.69 Å². The first-order valence-electron chi connectivity index (χ1n) is 6.94. The van der Waals surface area contributed by atoms with Gasteiger partial charge in [0.1, 0.15) is 0 Å². The van der Waals surface area contributed by atoms with E-state index in [-0.39, 0.29) is 19.0 Å². The first kappa shape index (κ1) is 16.0. The summed E-state index contributed by atoms with van der Waals surface area (Å²) in [6.45, 7) is 2.65. The lowest BCUT2D eigenvalue weighted by Gasteiger charge is -2.19. The average Bonchev–Trinajstić information content (AvgIpc) is 3.15. The molecule has 1 saturated carbocycles. The van der Waals surface area contributed by atoms with Crippen LogP contribution in [0.5, 0.6) is 0 Å². The summed E-state index contributed by atoms with van der Waals surface area (Å²) in [5.41, 5.74) is 1.80. The van der Waals surface area contributed by atoms with Gasteiger partial charge in [0.25, 0.3) is 0 Å². The lowest BCUT2D eigenvalue weighted by Crippen LogP contribution is -2.38. The third-order valence-electron chi connectivity index (χ3n) is 3.34. The maximum Gasteiger partial charge on any atom is 0.317 e. The van der Waals surface area contributed by atoms with E-state index >= 15 is 0 Å². The third kappa shape index (κ3) is 5.47. The van der Waals surface area contributed by atoms with E-state index in [4.69, 9.17) is 5.11 Å². The summed E-state index contributed by atoms with van der Waals surface area (Å²) in [5.74, 6) is -0.551. The number of hydrogen-bond donors (Lipinski definition) is 2. The Kier molecular flexibility index (Phi) is 5.36. The highest BCUT2D eigenvalue weighted by Crippen LogP contribution is 2.29. The number of nitrogens with one attached hydrogen (secondary N) is 1. The van der Waals surface area contributed by atoms with Gasteiger partial charge >= 0.3 is 5.97 Å². The van der Waals surface area contributed by atoms with Gasteiger partial charge in [0.15, 0.2) is 0 Å². The van der Waals surface area contributed by atoms with Crippen LogP contribution in [0.2, 0.25) is 0 Å². The molecule has 1 aromatic rings. The Bertz CT molecular complexity index is 544. The summed E-state index contributed by atoms with van der Waals surface area (Å²) >= 11 is 3.41. The summed E-state index contributed by atoms with van der Waals surface area (Å²) in [4.78, 5) is 24.6. The minimum absolute atomic E-state index is 0.0982. The normalized spacial score (nSPS) is 14.2. The molecular weight excluding hydrogens is 336 g/mol. The Morgan fingerprint density at radius 3 is 2.67 bits per heavy atom. The Balaban J connectivity index is 1.92. The van der Waals surface area contributed by atoms with Gasteiger partial charge in [0.2, 0.25) is 5.91 Å². The van der Waals surface area contributed by atoms with Crippen molar-refractivity contribution in [1.82, 2.24) is 4.90 Å². The van der Waals surface area contributed by atoms with E-state index in [1.54, 1.807) is 4.90 Å². The smallest absolute Gasteiger partial charge is 0.317 e. The zero-order valence-corrected chi connectivity index (χ0v) is 13.5. The van der Waals surface area contributed by atoms with E-state index in [1.165, 1.54) is 0 Å². The zero-order valence-electron chi connectivity index (χ0n) is 11.9. The molecule has 0 unspecified atom stereocenters. The van der Waals surface area contributed by atoms with E-state index in [1.807, 2.05) is 25.1 Å². The van der Waals surface area contributed by atoms with Crippen molar-refractivity contribution in [3.8, 4) is 0 Å². The topological polar surface area (TPSA) is 69.6 Å². The van der Waals surface area contributed by atoms with Crippen LogP contribution in [0.3, 0.4) is 0 Å². The second-order valence-corrected chi connectivity index (χ2v) is 6.39. The number of aliphatic carboxylic acids is 1. The number of amides is 1. The Hall–Kier alpha value is -1.40. The minimum Gasteiger partial charge on any atom is -0.480 e. The van der Waals surface area contributed by atoms with Crippen molar-refractivity contribution in [3.05, 3.63) is 28.2 Å². The number of benzene rings is 1. The first-order chi connectivity index (χ1) is 9.94. The van der Waals surface area contributed by atoms with E-state index in [2.05, 4.69) is 21.2 Å². The minimum atomic E-state index is -0.903. The number of nitrogens with zero attached hydrogens (tertiary/aromatic N) is 1. The van der Waals surface area contributed by atoms with Gasteiger partial charge in [-0.3, -0.25) is 14.5 Å². The molecule has 0 spiro atoms. The second-order valence-electron chi connectivity index (χ2n) is 5.54. The fraction of sp³-hybridized carbons (Fsp3) is 0.467. The highest BCUT2D eigenvalue weighted by Gasteiger charge is 2.26. The highest BCUT2D eigenvalue weighted by molar-refractivity contribution is 9.10. The van der Waals surface area contributed by atoms with Crippen molar-refractivity contribution >= 4 is 33.5 Å². The maximum absolute atomic E-state index is 12.1. The molecule has 21 heavy (non-hydrogen) atoms. The molecule has 5 nitrogen and oxygen atoms in total. The van der Waals surface area contributed by atoms with Gasteiger partial charge < -0.3 is 10.4 Å². The van der Waals surface area contributed by atoms with Crippen LogP contribution in [0, 0.1) is 12.8 Å². The SMILES string of the molecule is Cc1ccc(NC(=O)CN(CC(=O)O)CC2CC2)c(Br)c1. The molecule has 1 amide bonds. The summed E-state index contributed by atoms with van der Waals surface area (Å²) in [5, 5.41) is 11.7. The number of carboxylic acid groups (broad SMARTS) is 1. The van der Waals surface area contributed by atoms with E-state index in [0.717, 1.165) is 22.9 Å².